The molecule has 1 aromatic carbocycles. The Hall–Kier alpha value is -2.39. The SMILES string of the molecule is CC1(C)C(=O)NC(=S)N2C(=O)C[C@H](C(=O)Nc3cccc(F)c3)N21. The highest BCUT2D eigenvalue weighted by Crippen LogP contribution is 2.32. The van der Waals surface area contributed by atoms with Crippen LogP contribution in [0.3, 0.4) is 0 Å². The summed E-state index contributed by atoms with van der Waals surface area (Å²) >= 11 is 5.04. The Kier molecular flexibility index (Phi) is 3.84. The van der Waals surface area contributed by atoms with E-state index in [-0.39, 0.29) is 23.1 Å². The van der Waals surface area contributed by atoms with Gasteiger partial charge >= 0.3 is 0 Å². The molecule has 1 aromatic rings. The lowest BCUT2D eigenvalue weighted by Crippen LogP contribution is -2.71. The van der Waals surface area contributed by atoms with Gasteiger partial charge in [0.2, 0.25) is 17.7 Å². The number of hydrogen-bond donors (Lipinski definition) is 2. The van der Waals surface area contributed by atoms with Crippen molar-refractivity contribution in [2.75, 3.05) is 5.32 Å². The number of amides is 3. The Morgan fingerprint density at radius 2 is 2.12 bits per heavy atom. The predicted molar refractivity (Wildman–Crippen MR) is 86.9 cm³/mol. The van der Waals surface area contributed by atoms with Crippen LogP contribution in [0.15, 0.2) is 24.3 Å². The van der Waals surface area contributed by atoms with Gasteiger partial charge in [-0.05, 0) is 44.3 Å². The van der Waals surface area contributed by atoms with Crippen LogP contribution in [0.4, 0.5) is 10.1 Å². The van der Waals surface area contributed by atoms with E-state index in [0.29, 0.717) is 0 Å². The molecule has 2 fully saturated rings. The number of thiocarbonyl (C=S) groups is 1. The number of nitrogens with zero attached hydrogens (tertiary/aromatic N) is 2. The van der Waals surface area contributed by atoms with Crippen LogP contribution in [0.5, 0.6) is 0 Å². The molecular formula is C15H15FN4O3S. The van der Waals surface area contributed by atoms with Crippen LogP contribution in [-0.2, 0) is 14.4 Å². The van der Waals surface area contributed by atoms with E-state index in [9.17, 15) is 18.8 Å². The minimum Gasteiger partial charge on any atom is -0.325 e. The molecule has 7 nitrogen and oxygen atoms in total. The normalized spacial score (nSPS) is 23.0. The van der Waals surface area contributed by atoms with Crippen molar-refractivity contribution in [2.45, 2.75) is 31.8 Å². The first kappa shape index (κ1) is 16.5. The zero-order chi connectivity index (χ0) is 17.6. The fourth-order valence-electron chi connectivity index (χ4n) is 2.85. The van der Waals surface area contributed by atoms with Crippen LogP contribution in [0, 0.1) is 5.82 Å². The first-order valence-electron chi connectivity index (χ1n) is 7.26. The number of carbonyl (C=O) groups excluding carboxylic acids is 3. The summed E-state index contributed by atoms with van der Waals surface area (Å²) in [5.74, 6) is -1.78. The first-order valence-corrected chi connectivity index (χ1v) is 7.66. The van der Waals surface area contributed by atoms with Gasteiger partial charge in [0.1, 0.15) is 17.4 Å². The van der Waals surface area contributed by atoms with Crippen molar-refractivity contribution in [2.24, 2.45) is 0 Å². The molecule has 1 atom stereocenters. The zero-order valence-corrected chi connectivity index (χ0v) is 13.8. The number of hydrazine groups is 1. The number of carbonyl (C=O) groups is 3. The molecule has 2 aliphatic heterocycles. The highest BCUT2D eigenvalue weighted by molar-refractivity contribution is 7.80. The highest BCUT2D eigenvalue weighted by Gasteiger charge is 2.56. The largest absolute Gasteiger partial charge is 0.325 e. The molecule has 2 saturated heterocycles. The van der Waals surface area contributed by atoms with E-state index in [1.54, 1.807) is 13.8 Å². The maximum Gasteiger partial charge on any atom is 0.248 e. The zero-order valence-electron chi connectivity index (χ0n) is 13.0. The molecule has 0 aromatic heterocycles. The summed E-state index contributed by atoms with van der Waals surface area (Å²) in [6.45, 7) is 3.19. The Balaban J connectivity index is 1.90. The maximum atomic E-state index is 13.3. The topological polar surface area (TPSA) is 81.8 Å². The summed E-state index contributed by atoms with van der Waals surface area (Å²) in [5.41, 5.74) is -0.869. The second kappa shape index (κ2) is 5.60. The monoisotopic (exact) mass is 350 g/mol. The van der Waals surface area contributed by atoms with E-state index in [1.165, 1.54) is 29.3 Å². The average molecular weight is 350 g/mol. The second-order valence-electron chi connectivity index (χ2n) is 6.09. The van der Waals surface area contributed by atoms with Gasteiger partial charge < -0.3 is 5.32 Å². The van der Waals surface area contributed by atoms with Gasteiger partial charge in [-0.15, -0.1) is 0 Å². The Labute approximate surface area is 142 Å². The third-order valence-electron chi connectivity index (χ3n) is 4.05. The Morgan fingerprint density at radius 3 is 2.79 bits per heavy atom. The third-order valence-corrected chi connectivity index (χ3v) is 4.33. The third kappa shape index (κ3) is 2.55. The van der Waals surface area contributed by atoms with E-state index < -0.39 is 29.2 Å². The van der Waals surface area contributed by atoms with Crippen molar-refractivity contribution in [1.29, 1.82) is 0 Å². The van der Waals surface area contributed by atoms with Gasteiger partial charge in [-0.2, -0.15) is 5.01 Å². The van der Waals surface area contributed by atoms with E-state index in [0.717, 1.165) is 5.01 Å². The van der Waals surface area contributed by atoms with E-state index in [1.807, 2.05) is 0 Å². The number of hydrogen-bond acceptors (Lipinski definition) is 5. The highest BCUT2D eigenvalue weighted by atomic mass is 32.1. The van der Waals surface area contributed by atoms with Crippen molar-refractivity contribution in [3.8, 4) is 0 Å². The summed E-state index contributed by atoms with van der Waals surface area (Å²) < 4.78 is 13.3. The number of benzene rings is 1. The average Bonchev–Trinajstić information content (AvgIpc) is 2.84. The summed E-state index contributed by atoms with van der Waals surface area (Å²) in [4.78, 5) is 37.0. The number of halogens is 1. The molecule has 24 heavy (non-hydrogen) atoms. The van der Waals surface area contributed by atoms with Gasteiger partial charge in [0.05, 0.1) is 6.42 Å². The fraction of sp³-hybridized carbons (Fsp3) is 0.333. The van der Waals surface area contributed by atoms with Crippen LogP contribution < -0.4 is 10.6 Å². The molecule has 2 aliphatic rings. The van der Waals surface area contributed by atoms with Crippen LogP contribution in [-0.4, -0.2) is 44.4 Å². The Morgan fingerprint density at radius 1 is 1.42 bits per heavy atom. The van der Waals surface area contributed by atoms with Crippen LogP contribution in [0.2, 0.25) is 0 Å². The molecule has 3 amide bonds. The lowest BCUT2D eigenvalue weighted by Gasteiger charge is -2.45. The van der Waals surface area contributed by atoms with Crippen molar-refractivity contribution < 1.29 is 18.8 Å². The van der Waals surface area contributed by atoms with Crippen LogP contribution >= 0.6 is 12.2 Å². The Bertz CT molecular complexity index is 767. The predicted octanol–water partition coefficient (Wildman–Crippen LogP) is 0.775. The molecular weight excluding hydrogens is 335 g/mol. The van der Waals surface area contributed by atoms with Gasteiger partial charge in [0.15, 0.2) is 5.11 Å². The summed E-state index contributed by atoms with van der Waals surface area (Å²) in [6, 6.07) is 4.51. The van der Waals surface area contributed by atoms with Gasteiger partial charge in [-0.1, -0.05) is 6.07 Å². The van der Waals surface area contributed by atoms with Gasteiger partial charge in [-0.25, -0.2) is 9.40 Å². The minimum absolute atomic E-state index is 0.0506. The van der Waals surface area contributed by atoms with Gasteiger partial charge in [-0.3, -0.25) is 19.7 Å². The van der Waals surface area contributed by atoms with E-state index >= 15 is 0 Å². The molecule has 0 saturated carbocycles. The number of fused-ring (bicyclic) bond motifs is 1. The molecule has 0 spiro atoms. The van der Waals surface area contributed by atoms with Gasteiger partial charge in [0, 0.05) is 5.69 Å². The van der Waals surface area contributed by atoms with Crippen molar-refractivity contribution in [3.05, 3.63) is 30.1 Å². The molecule has 2 N–H and O–H groups in total. The molecule has 0 unspecified atom stereocenters. The standard InChI is InChI=1S/C15H15FN4O3S/c1-15(2)13(23)18-14(24)19-11(21)7-10(20(15)19)12(22)17-9-5-3-4-8(16)6-9/h3-6,10H,7H2,1-2H3,(H,17,22)(H,18,23,24)/t10-/m1/s1. The van der Waals surface area contributed by atoms with Crippen LogP contribution in [0.25, 0.3) is 0 Å². The molecule has 126 valence electrons. The van der Waals surface area contributed by atoms with Crippen molar-refractivity contribution in [3.63, 3.8) is 0 Å². The summed E-state index contributed by atoms with van der Waals surface area (Å²) in [5, 5.41) is 7.51. The second-order valence-corrected chi connectivity index (χ2v) is 6.47. The maximum absolute atomic E-state index is 13.3. The van der Waals surface area contributed by atoms with Crippen LogP contribution in [0.1, 0.15) is 20.3 Å². The lowest BCUT2D eigenvalue weighted by atomic mass is 10.00. The first-order chi connectivity index (χ1) is 11.2. The number of anilines is 1. The molecule has 2 heterocycles. The number of rotatable bonds is 2. The summed E-state index contributed by atoms with van der Waals surface area (Å²) in [7, 11) is 0. The van der Waals surface area contributed by atoms with Crippen molar-refractivity contribution in [1.82, 2.24) is 15.3 Å². The minimum atomic E-state index is -1.14. The molecule has 3 rings (SSSR count). The fourth-order valence-corrected chi connectivity index (χ4v) is 3.13. The number of nitrogens with one attached hydrogen (secondary N) is 2. The smallest absolute Gasteiger partial charge is 0.248 e. The molecule has 9 heteroatoms. The van der Waals surface area contributed by atoms with Gasteiger partial charge in [0.25, 0.3) is 0 Å². The quantitative estimate of drug-likeness (QED) is 0.770. The lowest BCUT2D eigenvalue weighted by molar-refractivity contribution is -0.154. The van der Waals surface area contributed by atoms with E-state index in [4.69, 9.17) is 12.2 Å². The van der Waals surface area contributed by atoms with Crippen molar-refractivity contribution >= 4 is 40.7 Å². The molecule has 0 bridgehead atoms. The summed E-state index contributed by atoms with van der Waals surface area (Å²) in [6.07, 6.45) is -0.125. The molecule has 0 aliphatic carbocycles. The molecule has 0 radical (unpaired) electrons. The van der Waals surface area contributed by atoms with E-state index in [2.05, 4.69) is 10.6 Å².